The minimum Gasteiger partial charge on any atom is -0.396 e. The highest BCUT2D eigenvalue weighted by molar-refractivity contribution is 5.86. The average molecular weight is 316 g/mol. The Morgan fingerprint density at radius 1 is 1.30 bits per heavy atom. The number of aliphatic hydroxyl groups excluding tert-OH is 2. The number of benzene rings is 1. The molecule has 0 bridgehead atoms. The molecule has 2 aliphatic carbocycles. The molecule has 3 heteroatoms. The molecule has 1 aromatic rings. The van der Waals surface area contributed by atoms with Gasteiger partial charge in [0, 0.05) is 29.8 Å². The molecule has 0 heterocycles. The number of carbonyl (C=O) groups excluding carboxylic acids is 1. The summed E-state index contributed by atoms with van der Waals surface area (Å²) in [5.41, 5.74) is 3.14. The van der Waals surface area contributed by atoms with Crippen LogP contribution in [0.1, 0.15) is 63.1 Å². The highest BCUT2D eigenvalue weighted by Crippen LogP contribution is 2.56. The Hall–Kier alpha value is -1.19. The Labute approximate surface area is 138 Å². The van der Waals surface area contributed by atoms with Gasteiger partial charge in [-0.05, 0) is 35.4 Å². The molecular formula is C20H28O3. The van der Waals surface area contributed by atoms with Gasteiger partial charge in [-0.25, -0.2) is 0 Å². The first-order chi connectivity index (χ1) is 10.7. The SMILES string of the molecule is C[C@H](CO)c1ccc2c(c1)CC[C@H]1C(C)(C)[C@@H](O)C(=O)C[C@]21C. The van der Waals surface area contributed by atoms with Gasteiger partial charge in [0.05, 0.1) is 0 Å². The fourth-order valence-electron chi connectivity index (χ4n) is 5.07. The van der Waals surface area contributed by atoms with Gasteiger partial charge in [-0.15, -0.1) is 0 Å². The fourth-order valence-corrected chi connectivity index (χ4v) is 5.07. The molecule has 3 nitrogen and oxygen atoms in total. The largest absolute Gasteiger partial charge is 0.396 e. The highest BCUT2D eigenvalue weighted by Gasteiger charge is 2.56. The van der Waals surface area contributed by atoms with E-state index < -0.39 is 11.5 Å². The maximum absolute atomic E-state index is 12.4. The van der Waals surface area contributed by atoms with Crippen molar-refractivity contribution in [3.05, 3.63) is 34.9 Å². The van der Waals surface area contributed by atoms with E-state index in [1.807, 2.05) is 20.8 Å². The van der Waals surface area contributed by atoms with E-state index in [9.17, 15) is 15.0 Å². The first-order valence-corrected chi connectivity index (χ1v) is 8.66. The zero-order valence-corrected chi connectivity index (χ0v) is 14.6. The van der Waals surface area contributed by atoms with E-state index >= 15 is 0 Å². The summed E-state index contributed by atoms with van der Waals surface area (Å²) < 4.78 is 0. The number of hydrogen-bond acceptors (Lipinski definition) is 3. The smallest absolute Gasteiger partial charge is 0.162 e. The lowest BCUT2D eigenvalue weighted by atomic mass is 9.49. The van der Waals surface area contributed by atoms with E-state index in [1.165, 1.54) is 11.1 Å². The topological polar surface area (TPSA) is 57.5 Å². The van der Waals surface area contributed by atoms with E-state index in [2.05, 4.69) is 25.1 Å². The summed E-state index contributed by atoms with van der Waals surface area (Å²) in [6.07, 6.45) is 1.55. The van der Waals surface area contributed by atoms with Gasteiger partial charge in [0.15, 0.2) is 5.78 Å². The lowest BCUT2D eigenvalue weighted by Crippen LogP contribution is -2.57. The quantitative estimate of drug-likeness (QED) is 0.882. The number of ketones is 1. The highest BCUT2D eigenvalue weighted by atomic mass is 16.3. The maximum atomic E-state index is 12.4. The number of fused-ring (bicyclic) bond motifs is 3. The first-order valence-electron chi connectivity index (χ1n) is 8.66. The fraction of sp³-hybridized carbons (Fsp3) is 0.650. The van der Waals surface area contributed by atoms with Crippen LogP contribution in [-0.4, -0.2) is 28.7 Å². The standard InChI is InChI=1S/C20H28O3/c1-12(11-21)13-5-7-15-14(9-13)6-8-17-19(2,3)18(23)16(22)10-20(15,17)4/h5,7,9,12,17-18,21,23H,6,8,10-11H2,1-4H3/t12-,17+,18+,20-/m1/s1. The number of hydrogen-bond donors (Lipinski definition) is 2. The molecule has 0 aliphatic heterocycles. The summed E-state index contributed by atoms with van der Waals surface area (Å²) in [6, 6.07) is 6.46. The van der Waals surface area contributed by atoms with Crippen LogP contribution < -0.4 is 0 Å². The van der Waals surface area contributed by atoms with Crippen LogP contribution in [0.3, 0.4) is 0 Å². The van der Waals surface area contributed by atoms with Crippen LogP contribution in [0.15, 0.2) is 18.2 Å². The lowest BCUT2D eigenvalue weighted by molar-refractivity contribution is -0.149. The van der Waals surface area contributed by atoms with Gasteiger partial charge in [0.1, 0.15) is 6.10 Å². The molecule has 0 saturated heterocycles. The number of rotatable bonds is 2. The van der Waals surface area contributed by atoms with Crippen molar-refractivity contribution in [3.8, 4) is 0 Å². The van der Waals surface area contributed by atoms with Crippen LogP contribution >= 0.6 is 0 Å². The van der Waals surface area contributed by atoms with E-state index in [0.29, 0.717) is 12.3 Å². The molecule has 1 fully saturated rings. The van der Waals surface area contributed by atoms with Crippen molar-refractivity contribution in [1.29, 1.82) is 0 Å². The second kappa shape index (κ2) is 5.42. The maximum Gasteiger partial charge on any atom is 0.162 e. The summed E-state index contributed by atoms with van der Waals surface area (Å²) in [7, 11) is 0. The zero-order valence-electron chi connectivity index (χ0n) is 14.6. The Morgan fingerprint density at radius 2 is 2.00 bits per heavy atom. The molecule has 1 aromatic carbocycles. The summed E-state index contributed by atoms with van der Waals surface area (Å²) in [4.78, 5) is 12.4. The molecule has 23 heavy (non-hydrogen) atoms. The summed E-state index contributed by atoms with van der Waals surface area (Å²) in [6.45, 7) is 8.43. The Bertz CT molecular complexity index is 634. The molecular weight excluding hydrogens is 288 g/mol. The van der Waals surface area contributed by atoms with Crippen molar-refractivity contribution in [3.63, 3.8) is 0 Å². The van der Waals surface area contributed by atoms with Gasteiger partial charge in [0.2, 0.25) is 0 Å². The Balaban J connectivity index is 2.07. The van der Waals surface area contributed by atoms with Gasteiger partial charge in [-0.2, -0.15) is 0 Å². The van der Waals surface area contributed by atoms with E-state index in [-0.39, 0.29) is 23.7 Å². The molecule has 3 rings (SSSR count). The second-order valence-corrected chi connectivity index (χ2v) is 8.38. The van der Waals surface area contributed by atoms with Crippen LogP contribution in [0.25, 0.3) is 0 Å². The summed E-state index contributed by atoms with van der Waals surface area (Å²) in [5.74, 6) is 0.405. The molecule has 0 unspecified atom stereocenters. The predicted octanol–water partition coefficient (Wildman–Crippen LogP) is 2.96. The van der Waals surface area contributed by atoms with Crippen molar-refractivity contribution >= 4 is 5.78 Å². The third kappa shape index (κ3) is 2.36. The van der Waals surface area contributed by atoms with Crippen molar-refractivity contribution < 1.29 is 15.0 Å². The van der Waals surface area contributed by atoms with Crippen molar-refractivity contribution in [2.24, 2.45) is 11.3 Å². The van der Waals surface area contributed by atoms with E-state index in [1.54, 1.807) is 0 Å². The number of aryl methyl sites for hydroxylation is 1. The average Bonchev–Trinajstić information content (AvgIpc) is 2.51. The first kappa shape index (κ1) is 16.7. The van der Waals surface area contributed by atoms with Crippen molar-refractivity contribution in [2.45, 2.75) is 64.4 Å². The lowest BCUT2D eigenvalue weighted by Gasteiger charge is -2.55. The van der Waals surface area contributed by atoms with Gasteiger partial charge in [0.25, 0.3) is 0 Å². The molecule has 2 N–H and O–H groups in total. The molecule has 4 atom stereocenters. The van der Waals surface area contributed by atoms with Crippen molar-refractivity contribution in [2.75, 3.05) is 6.61 Å². The predicted molar refractivity (Wildman–Crippen MR) is 90.5 cm³/mol. The van der Waals surface area contributed by atoms with Crippen LogP contribution in [0.2, 0.25) is 0 Å². The van der Waals surface area contributed by atoms with E-state index in [0.717, 1.165) is 18.4 Å². The molecule has 1 saturated carbocycles. The minimum atomic E-state index is -0.851. The van der Waals surface area contributed by atoms with Crippen LogP contribution in [0.5, 0.6) is 0 Å². The molecule has 2 aliphatic rings. The summed E-state index contributed by atoms with van der Waals surface area (Å²) in [5, 5.41) is 19.8. The molecule has 0 amide bonds. The minimum absolute atomic E-state index is 0.0330. The third-order valence-electron chi connectivity index (χ3n) is 6.51. The zero-order chi connectivity index (χ0) is 17.0. The Kier molecular flexibility index (Phi) is 3.93. The van der Waals surface area contributed by atoms with Gasteiger partial charge < -0.3 is 10.2 Å². The normalized spacial score (nSPS) is 33.7. The van der Waals surface area contributed by atoms with Crippen molar-refractivity contribution in [1.82, 2.24) is 0 Å². The van der Waals surface area contributed by atoms with Gasteiger partial charge in [-0.1, -0.05) is 45.9 Å². The molecule has 126 valence electrons. The molecule has 0 radical (unpaired) electrons. The van der Waals surface area contributed by atoms with Crippen LogP contribution in [-0.2, 0) is 16.6 Å². The Morgan fingerprint density at radius 3 is 2.65 bits per heavy atom. The van der Waals surface area contributed by atoms with Gasteiger partial charge >= 0.3 is 0 Å². The molecule has 0 spiro atoms. The number of carbonyl (C=O) groups is 1. The third-order valence-corrected chi connectivity index (χ3v) is 6.51. The van der Waals surface area contributed by atoms with E-state index in [4.69, 9.17) is 0 Å². The van der Waals surface area contributed by atoms with Gasteiger partial charge in [-0.3, -0.25) is 4.79 Å². The summed E-state index contributed by atoms with van der Waals surface area (Å²) >= 11 is 0. The number of Topliss-reactive ketones (excluding diaryl/α,β-unsaturated/α-hetero) is 1. The van der Waals surface area contributed by atoms with Crippen LogP contribution in [0, 0.1) is 11.3 Å². The second-order valence-electron chi connectivity index (χ2n) is 8.38. The molecule has 0 aromatic heterocycles. The number of aliphatic hydroxyl groups is 2. The monoisotopic (exact) mass is 316 g/mol. The van der Waals surface area contributed by atoms with Crippen LogP contribution in [0.4, 0.5) is 0 Å².